The van der Waals surface area contributed by atoms with Crippen molar-refractivity contribution in [1.29, 1.82) is 0 Å². The van der Waals surface area contributed by atoms with Crippen LogP contribution in [0.15, 0.2) is 0 Å². The van der Waals surface area contributed by atoms with Crippen LogP contribution in [0.25, 0.3) is 0 Å². The predicted octanol–water partition coefficient (Wildman–Crippen LogP) is 1.81. The lowest BCUT2D eigenvalue weighted by atomic mass is 10.2. The Labute approximate surface area is 127 Å². The van der Waals surface area contributed by atoms with Crippen LogP contribution < -0.4 is 0 Å². The number of unbranched alkanes of at least 4 members (excludes halogenated alkanes) is 1. The molecule has 5 nitrogen and oxygen atoms in total. The third kappa shape index (κ3) is 5.65. The van der Waals surface area contributed by atoms with Crippen molar-refractivity contribution >= 4 is 11.8 Å². The van der Waals surface area contributed by atoms with Crippen LogP contribution in [0, 0.1) is 0 Å². The summed E-state index contributed by atoms with van der Waals surface area (Å²) in [6.07, 6.45) is 7.78. The molecule has 2 aliphatic heterocycles. The Morgan fingerprint density at radius 2 is 1.48 bits per heavy atom. The molecule has 0 atom stereocenters. The summed E-state index contributed by atoms with van der Waals surface area (Å²) in [5.41, 5.74) is 0. The van der Waals surface area contributed by atoms with E-state index in [1.165, 1.54) is 6.42 Å². The first-order valence-electron chi connectivity index (χ1n) is 8.40. The first-order chi connectivity index (χ1) is 10.3. The predicted molar refractivity (Wildman–Crippen MR) is 80.9 cm³/mol. The zero-order valence-electron chi connectivity index (χ0n) is 13.0. The minimum atomic E-state index is 0.262. The molecule has 0 unspecified atom stereocenters. The molecule has 5 heteroatoms. The maximum atomic E-state index is 11.8. The van der Waals surface area contributed by atoms with E-state index in [1.54, 1.807) is 0 Å². The molecule has 2 amide bonds. The second-order valence-electron chi connectivity index (χ2n) is 6.00. The summed E-state index contributed by atoms with van der Waals surface area (Å²) in [4.78, 5) is 27.1. The van der Waals surface area contributed by atoms with Crippen LogP contribution in [0.5, 0.6) is 0 Å². The Balaban J connectivity index is 1.46. The summed E-state index contributed by atoms with van der Waals surface area (Å²) in [6, 6.07) is 0. The Bertz CT molecular complexity index is 346. The molecule has 0 bridgehead atoms. The van der Waals surface area contributed by atoms with E-state index in [0.717, 1.165) is 71.3 Å². The Morgan fingerprint density at radius 1 is 0.762 bits per heavy atom. The third-order valence-electron chi connectivity index (χ3n) is 4.32. The van der Waals surface area contributed by atoms with Crippen LogP contribution in [0.2, 0.25) is 0 Å². The highest BCUT2D eigenvalue weighted by Crippen LogP contribution is 2.12. The Kier molecular flexibility index (Phi) is 7.00. The van der Waals surface area contributed by atoms with E-state index in [4.69, 9.17) is 4.74 Å². The smallest absolute Gasteiger partial charge is 0.222 e. The zero-order chi connectivity index (χ0) is 14.9. The number of rotatable bonds is 8. The first kappa shape index (κ1) is 16.3. The number of amides is 2. The fourth-order valence-corrected chi connectivity index (χ4v) is 3.00. The summed E-state index contributed by atoms with van der Waals surface area (Å²) in [5, 5.41) is 0. The molecule has 2 heterocycles. The average Bonchev–Trinajstić information content (AvgIpc) is 2.77. The normalized spacial score (nSPS) is 20.2. The standard InChI is InChI=1S/C16H28N2O3/c19-15-7-2-1-3-9-17(15)10-4-5-13-21-14-12-18-11-6-8-16(18)20/h1-14H2. The lowest BCUT2D eigenvalue weighted by Crippen LogP contribution is -2.31. The number of hydrogen-bond donors (Lipinski definition) is 0. The van der Waals surface area contributed by atoms with Gasteiger partial charge in [-0.3, -0.25) is 9.59 Å². The van der Waals surface area contributed by atoms with Crippen molar-refractivity contribution in [1.82, 2.24) is 9.80 Å². The number of ether oxygens (including phenoxy) is 1. The van der Waals surface area contributed by atoms with Gasteiger partial charge in [0.05, 0.1) is 6.61 Å². The van der Waals surface area contributed by atoms with Gasteiger partial charge in [0.1, 0.15) is 0 Å². The van der Waals surface area contributed by atoms with Gasteiger partial charge in [-0.2, -0.15) is 0 Å². The number of likely N-dealkylation sites (tertiary alicyclic amines) is 2. The van der Waals surface area contributed by atoms with Gasteiger partial charge in [0, 0.05) is 45.6 Å². The van der Waals surface area contributed by atoms with Gasteiger partial charge in [-0.05, 0) is 32.1 Å². The van der Waals surface area contributed by atoms with Gasteiger partial charge in [-0.15, -0.1) is 0 Å². The van der Waals surface area contributed by atoms with Gasteiger partial charge in [0.15, 0.2) is 0 Å². The fourth-order valence-electron chi connectivity index (χ4n) is 3.00. The molecule has 120 valence electrons. The van der Waals surface area contributed by atoms with Gasteiger partial charge in [-0.1, -0.05) is 6.42 Å². The SMILES string of the molecule is O=C1CCCCCN1CCCCOCCN1CCCC1=O. The van der Waals surface area contributed by atoms with Gasteiger partial charge in [0.2, 0.25) is 11.8 Å². The Hall–Kier alpha value is -1.10. The van der Waals surface area contributed by atoms with Crippen molar-refractivity contribution < 1.29 is 14.3 Å². The summed E-state index contributed by atoms with van der Waals surface area (Å²) in [7, 11) is 0. The van der Waals surface area contributed by atoms with Crippen molar-refractivity contribution in [2.24, 2.45) is 0 Å². The maximum Gasteiger partial charge on any atom is 0.222 e. The van der Waals surface area contributed by atoms with Crippen LogP contribution in [0.4, 0.5) is 0 Å². The van der Waals surface area contributed by atoms with Crippen LogP contribution in [0.3, 0.4) is 0 Å². The number of nitrogens with zero attached hydrogens (tertiary/aromatic N) is 2. The average molecular weight is 296 g/mol. The molecule has 0 saturated carbocycles. The largest absolute Gasteiger partial charge is 0.380 e. The Morgan fingerprint density at radius 3 is 2.24 bits per heavy atom. The molecule has 0 aromatic rings. The molecule has 0 aliphatic carbocycles. The monoisotopic (exact) mass is 296 g/mol. The molecule has 2 rings (SSSR count). The van der Waals surface area contributed by atoms with Crippen molar-refractivity contribution in [2.75, 3.05) is 39.4 Å². The molecular formula is C16H28N2O3. The molecular weight excluding hydrogens is 268 g/mol. The van der Waals surface area contributed by atoms with E-state index in [1.807, 2.05) is 9.80 Å². The van der Waals surface area contributed by atoms with E-state index < -0.39 is 0 Å². The van der Waals surface area contributed by atoms with Gasteiger partial charge >= 0.3 is 0 Å². The first-order valence-corrected chi connectivity index (χ1v) is 8.40. The van der Waals surface area contributed by atoms with Crippen molar-refractivity contribution in [3.8, 4) is 0 Å². The highest BCUT2D eigenvalue weighted by atomic mass is 16.5. The molecule has 2 aliphatic rings. The zero-order valence-corrected chi connectivity index (χ0v) is 13.0. The molecule has 0 aromatic carbocycles. The second kappa shape index (κ2) is 9.03. The molecule has 0 spiro atoms. The van der Waals surface area contributed by atoms with E-state index in [0.29, 0.717) is 18.9 Å². The highest BCUT2D eigenvalue weighted by Gasteiger charge is 2.19. The van der Waals surface area contributed by atoms with Crippen molar-refractivity contribution in [3.63, 3.8) is 0 Å². The molecule has 0 N–H and O–H groups in total. The molecule has 0 radical (unpaired) electrons. The topological polar surface area (TPSA) is 49.9 Å². The number of carbonyl (C=O) groups excluding carboxylic acids is 2. The van der Waals surface area contributed by atoms with Crippen molar-refractivity contribution in [2.45, 2.75) is 51.4 Å². The third-order valence-corrected chi connectivity index (χ3v) is 4.32. The quantitative estimate of drug-likeness (QED) is 0.642. The lowest BCUT2D eigenvalue weighted by Gasteiger charge is -2.20. The molecule has 0 aromatic heterocycles. The summed E-state index contributed by atoms with van der Waals surface area (Å²) < 4.78 is 5.59. The number of hydrogen-bond acceptors (Lipinski definition) is 3. The summed E-state index contributed by atoms with van der Waals surface area (Å²) in [6.45, 7) is 4.77. The molecule has 2 saturated heterocycles. The van der Waals surface area contributed by atoms with Gasteiger partial charge in [0.25, 0.3) is 0 Å². The molecule has 21 heavy (non-hydrogen) atoms. The van der Waals surface area contributed by atoms with E-state index in [-0.39, 0.29) is 5.91 Å². The minimum absolute atomic E-state index is 0.262. The second-order valence-corrected chi connectivity index (χ2v) is 6.00. The lowest BCUT2D eigenvalue weighted by molar-refractivity contribution is -0.130. The van der Waals surface area contributed by atoms with E-state index in [2.05, 4.69) is 0 Å². The highest BCUT2D eigenvalue weighted by molar-refractivity contribution is 5.78. The summed E-state index contributed by atoms with van der Waals surface area (Å²) >= 11 is 0. The van der Waals surface area contributed by atoms with Gasteiger partial charge in [-0.25, -0.2) is 0 Å². The fraction of sp³-hybridized carbons (Fsp3) is 0.875. The van der Waals surface area contributed by atoms with Crippen LogP contribution in [-0.2, 0) is 14.3 Å². The van der Waals surface area contributed by atoms with Crippen LogP contribution in [-0.4, -0.2) is 61.0 Å². The van der Waals surface area contributed by atoms with E-state index in [9.17, 15) is 9.59 Å². The van der Waals surface area contributed by atoms with Crippen molar-refractivity contribution in [3.05, 3.63) is 0 Å². The summed E-state index contributed by atoms with van der Waals surface area (Å²) in [5.74, 6) is 0.583. The minimum Gasteiger partial charge on any atom is -0.380 e. The van der Waals surface area contributed by atoms with Crippen LogP contribution in [0.1, 0.15) is 51.4 Å². The van der Waals surface area contributed by atoms with Gasteiger partial charge < -0.3 is 14.5 Å². The molecule has 2 fully saturated rings. The maximum absolute atomic E-state index is 11.8. The van der Waals surface area contributed by atoms with E-state index >= 15 is 0 Å². The number of carbonyl (C=O) groups is 2. The van der Waals surface area contributed by atoms with Crippen LogP contribution >= 0.6 is 0 Å².